The number of methoxy groups -OCH3 is 1. The standard InChI is InChI=1S/C9H18O2/c1-8(10)9(7-11-2)5-3-4-6-9/h8,10H,3-7H2,1-2H3. The van der Waals surface area contributed by atoms with Gasteiger partial charge in [0, 0.05) is 12.5 Å². The first kappa shape index (κ1) is 9.01. The Balaban J connectivity index is 2.55. The van der Waals surface area contributed by atoms with Gasteiger partial charge in [-0.1, -0.05) is 12.8 Å². The molecule has 0 bridgehead atoms. The third-order valence-electron chi connectivity index (χ3n) is 2.92. The fourth-order valence-electron chi connectivity index (χ4n) is 2.05. The van der Waals surface area contributed by atoms with E-state index in [0.717, 1.165) is 12.8 Å². The van der Waals surface area contributed by atoms with E-state index in [2.05, 4.69) is 0 Å². The van der Waals surface area contributed by atoms with Crippen molar-refractivity contribution in [3.63, 3.8) is 0 Å². The van der Waals surface area contributed by atoms with Gasteiger partial charge in [0.05, 0.1) is 12.7 Å². The van der Waals surface area contributed by atoms with Crippen molar-refractivity contribution in [2.24, 2.45) is 5.41 Å². The highest BCUT2D eigenvalue weighted by Crippen LogP contribution is 2.41. The maximum Gasteiger partial charge on any atom is 0.0590 e. The summed E-state index contributed by atoms with van der Waals surface area (Å²) in [6, 6.07) is 0. The molecule has 1 N–H and O–H groups in total. The molecule has 0 amide bonds. The van der Waals surface area contributed by atoms with Gasteiger partial charge in [0.25, 0.3) is 0 Å². The number of hydrogen-bond acceptors (Lipinski definition) is 2. The number of hydrogen-bond donors (Lipinski definition) is 1. The van der Waals surface area contributed by atoms with E-state index in [1.165, 1.54) is 12.8 Å². The second-order valence-electron chi connectivity index (χ2n) is 3.68. The van der Waals surface area contributed by atoms with Crippen molar-refractivity contribution in [2.75, 3.05) is 13.7 Å². The van der Waals surface area contributed by atoms with E-state index < -0.39 is 0 Å². The summed E-state index contributed by atoms with van der Waals surface area (Å²) in [5, 5.41) is 9.55. The first-order chi connectivity index (χ1) is 5.21. The summed E-state index contributed by atoms with van der Waals surface area (Å²) in [4.78, 5) is 0. The summed E-state index contributed by atoms with van der Waals surface area (Å²) in [7, 11) is 1.71. The molecule has 0 aromatic heterocycles. The second kappa shape index (κ2) is 3.55. The van der Waals surface area contributed by atoms with Crippen LogP contribution in [0.5, 0.6) is 0 Å². The minimum atomic E-state index is -0.218. The zero-order valence-corrected chi connectivity index (χ0v) is 7.47. The molecule has 1 saturated carbocycles. The molecular formula is C9H18O2. The molecule has 1 fully saturated rings. The molecule has 11 heavy (non-hydrogen) atoms. The average Bonchev–Trinajstić information content (AvgIpc) is 2.38. The van der Waals surface area contributed by atoms with Gasteiger partial charge in [0.15, 0.2) is 0 Å². The van der Waals surface area contributed by atoms with Crippen molar-refractivity contribution < 1.29 is 9.84 Å². The molecule has 0 aromatic rings. The lowest BCUT2D eigenvalue weighted by atomic mass is 9.82. The third-order valence-corrected chi connectivity index (χ3v) is 2.92. The van der Waals surface area contributed by atoms with Gasteiger partial charge in [-0.05, 0) is 19.8 Å². The van der Waals surface area contributed by atoms with Crippen LogP contribution < -0.4 is 0 Å². The molecule has 0 radical (unpaired) electrons. The van der Waals surface area contributed by atoms with E-state index in [9.17, 15) is 5.11 Å². The summed E-state index contributed by atoms with van der Waals surface area (Å²) in [5.41, 5.74) is 0.0781. The Morgan fingerprint density at radius 2 is 2.00 bits per heavy atom. The molecule has 0 aromatic carbocycles. The lowest BCUT2D eigenvalue weighted by Crippen LogP contribution is -2.34. The number of aliphatic hydroxyl groups excluding tert-OH is 1. The average molecular weight is 158 g/mol. The van der Waals surface area contributed by atoms with Gasteiger partial charge >= 0.3 is 0 Å². The van der Waals surface area contributed by atoms with Crippen LogP contribution in [0.15, 0.2) is 0 Å². The number of rotatable bonds is 3. The van der Waals surface area contributed by atoms with Crippen molar-refractivity contribution in [2.45, 2.75) is 38.7 Å². The maximum atomic E-state index is 9.55. The van der Waals surface area contributed by atoms with Gasteiger partial charge in [-0.25, -0.2) is 0 Å². The highest BCUT2D eigenvalue weighted by Gasteiger charge is 2.38. The Labute approximate surface area is 68.6 Å². The van der Waals surface area contributed by atoms with E-state index in [1.54, 1.807) is 7.11 Å². The molecule has 1 aliphatic carbocycles. The van der Waals surface area contributed by atoms with E-state index in [-0.39, 0.29) is 11.5 Å². The van der Waals surface area contributed by atoms with Gasteiger partial charge in [-0.2, -0.15) is 0 Å². The van der Waals surface area contributed by atoms with Gasteiger partial charge in [-0.15, -0.1) is 0 Å². The highest BCUT2D eigenvalue weighted by molar-refractivity contribution is 4.88. The van der Waals surface area contributed by atoms with Gasteiger partial charge in [-0.3, -0.25) is 0 Å². The summed E-state index contributed by atoms with van der Waals surface area (Å²) < 4.78 is 5.13. The summed E-state index contributed by atoms with van der Waals surface area (Å²) >= 11 is 0. The third kappa shape index (κ3) is 1.74. The maximum absolute atomic E-state index is 9.55. The fraction of sp³-hybridized carbons (Fsp3) is 1.00. The minimum Gasteiger partial charge on any atom is -0.393 e. The zero-order valence-electron chi connectivity index (χ0n) is 7.47. The lowest BCUT2D eigenvalue weighted by Gasteiger charge is -2.31. The van der Waals surface area contributed by atoms with Crippen molar-refractivity contribution in [3.8, 4) is 0 Å². The van der Waals surface area contributed by atoms with Crippen molar-refractivity contribution in [1.82, 2.24) is 0 Å². The van der Waals surface area contributed by atoms with Crippen LogP contribution in [0.2, 0.25) is 0 Å². The quantitative estimate of drug-likeness (QED) is 0.675. The molecule has 1 aliphatic rings. The molecule has 0 saturated heterocycles. The van der Waals surface area contributed by atoms with Crippen LogP contribution in [-0.4, -0.2) is 24.9 Å². The van der Waals surface area contributed by atoms with Crippen molar-refractivity contribution >= 4 is 0 Å². The smallest absolute Gasteiger partial charge is 0.0590 e. The zero-order chi connectivity index (χ0) is 8.32. The number of ether oxygens (including phenoxy) is 1. The van der Waals surface area contributed by atoms with Gasteiger partial charge < -0.3 is 9.84 Å². The normalized spacial score (nSPS) is 25.4. The summed E-state index contributed by atoms with van der Waals surface area (Å²) in [5.74, 6) is 0. The predicted molar refractivity (Wildman–Crippen MR) is 44.5 cm³/mol. The minimum absolute atomic E-state index is 0.0781. The fourth-order valence-corrected chi connectivity index (χ4v) is 2.05. The van der Waals surface area contributed by atoms with Crippen LogP contribution in [0.3, 0.4) is 0 Å². The van der Waals surface area contributed by atoms with Crippen molar-refractivity contribution in [3.05, 3.63) is 0 Å². The molecule has 1 unspecified atom stereocenters. The monoisotopic (exact) mass is 158 g/mol. The Bertz CT molecular complexity index is 115. The topological polar surface area (TPSA) is 29.5 Å². The molecule has 1 atom stereocenters. The SMILES string of the molecule is COCC1(C(C)O)CCCC1. The second-order valence-corrected chi connectivity index (χ2v) is 3.68. The van der Waals surface area contributed by atoms with Gasteiger partial charge in [0.2, 0.25) is 0 Å². The Morgan fingerprint density at radius 3 is 2.36 bits per heavy atom. The molecule has 0 heterocycles. The van der Waals surface area contributed by atoms with E-state index in [0.29, 0.717) is 6.61 Å². The molecule has 2 nitrogen and oxygen atoms in total. The van der Waals surface area contributed by atoms with Crippen LogP contribution in [0.1, 0.15) is 32.6 Å². The van der Waals surface area contributed by atoms with Crippen LogP contribution in [0, 0.1) is 5.41 Å². The molecule has 2 heteroatoms. The Morgan fingerprint density at radius 1 is 1.45 bits per heavy atom. The molecule has 0 aliphatic heterocycles. The predicted octanol–water partition coefficient (Wildman–Crippen LogP) is 1.57. The molecule has 0 spiro atoms. The molecule has 66 valence electrons. The molecule has 1 rings (SSSR count). The van der Waals surface area contributed by atoms with Gasteiger partial charge in [0.1, 0.15) is 0 Å². The first-order valence-corrected chi connectivity index (χ1v) is 4.38. The number of aliphatic hydroxyl groups is 1. The Kier molecular flexibility index (Phi) is 2.90. The Hall–Kier alpha value is -0.0800. The first-order valence-electron chi connectivity index (χ1n) is 4.38. The van der Waals surface area contributed by atoms with E-state index >= 15 is 0 Å². The van der Waals surface area contributed by atoms with E-state index in [1.807, 2.05) is 6.92 Å². The van der Waals surface area contributed by atoms with Crippen molar-refractivity contribution in [1.29, 1.82) is 0 Å². The summed E-state index contributed by atoms with van der Waals surface area (Å²) in [6.45, 7) is 2.59. The van der Waals surface area contributed by atoms with Crippen LogP contribution >= 0.6 is 0 Å². The molecular weight excluding hydrogens is 140 g/mol. The van der Waals surface area contributed by atoms with Crippen LogP contribution in [0.25, 0.3) is 0 Å². The highest BCUT2D eigenvalue weighted by atomic mass is 16.5. The summed E-state index contributed by atoms with van der Waals surface area (Å²) in [6.07, 6.45) is 4.52. The largest absolute Gasteiger partial charge is 0.393 e. The van der Waals surface area contributed by atoms with Crippen LogP contribution in [-0.2, 0) is 4.74 Å². The van der Waals surface area contributed by atoms with E-state index in [4.69, 9.17) is 4.74 Å². The lowest BCUT2D eigenvalue weighted by molar-refractivity contribution is -0.0178. The van der Waals surface area contributed by atoms with Crippen LogP contribution in [0.4, 0.5) is 0 Å².